The maximum absolute atomic E-state index is 12.2. The number of hydrogen-bond donors (Lipinski definition) is 2. The molecule has 0 aliphatic carbocycles. The van der Waals surface area contributed by atoms with E-state index < -0.39 is 0 Å². The van der Waals surface area contributed by atoms with E-state index in [9.17, 15) is 4.79 Å². The van der Waals surface area contributed by atoms with Crippen molar-refractivity contribution in [2.75, 3.05) is 13.1 Å². The Kier molecular flexibility index (Phi) is 5.43. The van der Waals surface area contributed by atoms with Gasteiger partial charge in [0, 0.05) is 24.6 Å². The first-order valence-electron chi connectivity index (χ1n) is 8.30. The number of amides is 1. The van der Waals surface area contributed by atoms with Crippen molar-refractivity contribution in [1.82, 2.24) is 20.8 Å². The van der Waals surface area contributed by atoms with Crippen LogP contribution in [0.1, 0.15) is 41.8 Å². The molecular weight excluding hydrogens is 308 g/mol. The average molecular weight is 330 g/mol. The Morgan fingerprint density at radius 1 is 1.42 bits per heavy atom. The SMILES string of the molecule is CCc1nc(COc2ccc(C(=O)N[C@H]3CCCNC3)cc2)no1. The lowest BCUT2D eigenvalue weighted by molar-refractivity contribution is 0.0930. The van der Waals surface area contributed by atoms with Crippen LogP contribution in [0.15, 0.2) is 28.8 Å². The first kappa shape index (κ1) is 16.4. The van der Waals surface area contributed by atoms with Gasteiger partial charge in [-0.1, -0.05) is 12.1 Å². The molecule has 3 rings (SSSR count). The lowest BCUT2D eigenvalue weighted by atomic mass is 10.1. The molecule has 1 fully saturated rings. The van der Waals surface area contributed by atoms with Gasteiger partial charge in [-0.05, 0) is 43.7 Å². The minimum absolute atomic E-state index is 0.0546. The van der Waals surface area contributed by atoms with Crippen LogP contribution in [0.2, 0.25) is 0 Å². The van der Waals surface area contributed by atoms with E-state index in [0.29, 0.717) is 29.4 Å². The smallest absolute Gasteiger partial charge is 0.251 e. The fourth-order valence-electron chi connectivity index (χ4n) is 2.59. The molecule has 0 saturated carbocycles. The highest BCUT2D eigenvalue weighted by Crippen LogP contribution is 2.14. The molecule has 0 spiro atoms. The number of nitrogens with zero attached hydrogens (tertiary/aromatic N) is 2. The quantitative estimate of drug-likeness (QED) is 0.838. The Morgan fingerprint density at radius 2 is 2.25 bits per heavy atom. The monoisotopic (exact) mass is 330 g/mol. The van der Waals surface area contributed by atoms with Crippen LogP contribution >= 0.6 is 0 Å². The van der Waals surface area contributed by atoms with Crippen molar-refractivity contribution in [2.45, 2.75) is 38.8 Å². The predicted molar refractivity (Wildman–Crippen MR) is 87.8 cm³/mol. The Bertz CT molecular complexity index is 663. The second kappa shape index (κ2) is 7.92. The maximum Gasteiger partial charge on any atom is 0.251 e. The molecule has 7 heteroatoms. The number of rotatable bonds is 6. The van der Waals surface area contributed by atoms with E-state index in [-0.39, 0.29) is 18.6 Å². The van der Waals surface area contributed by atoms with E-state index in [1.807, 2.05) is 6.92 Å². The molecule has 7 nitrogen and oxygen atoms in total. The lowest BCUT2D eigenvalue weighted by Gasteiger charge is -2.23. The van der Waals surface area contributed by atoms with Crippen LogP contribution < -0.4 is 15.4 Å². The number of aryl methyl sites for hydroxylation is 1. The Hall–Kier alpha value is -2.41. The zero-order valence-electron chi connectivity index (χ0n) is 13.7. The summed E-state index contributed by atoms with van der Waals surface area (Å²) >= 11 is 0. The molecule has 1 aliphatic rings. The second-order valence-electron chi connectivity index (χ2n) is 5.79. The molecule has 128 valence electrons. The van der Waals surface area contributed by atoms with Crippen LogP contribution in [-0.4, -0.2) is 35.2 Å². The van der Waals surface area contributed by atoms with Gasteiger partial charge in [-0.25, -0.2) is 0 Å². The fraction of sp³-hybridized carbons (Fsp3) is 0.471. The Morgan fingerprint density at radius 3 is 2.92 bits per heavy atom. The summed E-state index contributed by atoms with van der Waals surface area (Å²) in [5.74, 6) is 1.71. The van der Waals surface area contributed by atoms with E-state index in [1.54, 1.807) is 24.3 Å². The predicted octanol–water partition coefficient (Wildman–Crippen LogP) is 1.69. The number of carbonyl (C=O) groups excluding carboxylic acids is 1. The summed E-state index contributed by atoms with van der Waals surface area (Å²) in [7, 11) is 0. The average Bonchev–Trinajstić information content (AvgIpc) is 3.09. The third kappa shape index (κ3) is 4.32. The highest BCUT2D eigenvalue weighted by molar-refractivity contribution is 5.94. The summed E-state index contributed by atoms with van der Waals surface area (Å²) in [6.45, 7) is 4.05. The molecule has 1 amide bonds. The van der Waals surface area contributed by atoms with Gasteiger partial charge in [0.1, 0.15) is 5.75 Å². The number of benzene rings is 1. The van der Waals surface area contributed by atoms with Crippen molar-refractivity contribution in [3.05, 3.63) is 41.5 Å². The molecule has 1 aliphatic heterocycles. The van der Waals surface area contributed by atoms with Crippen molar-refractivity contribution < 1.29 is 14.1 Å². The first-order valence-corrected chi connectivity index (χ1v) is 8.30. The number of piperidine rings is 1. The van der Waals surface area contributed by atoms with E-state index in [4.69, 9.17) is 9.26 Å². The van der Waals surface area contributed by atoms with Crippen LogP contribution in [0.5, 0.6) is 5.75 Å². The maximum atomic E-state index is 12.2. The van der Waals surface area contributed by atoms with Crippen LogP contribution in [-0.2, 0) is 13.0 Å². The molecular formula is C17H22N4O3. The van der Waals surface area contributed by atoms with Gasteiger partial charge >= 0.3 is 0 Å². The van der Waals surface area contributed by atoms with Gasteiger partial charge in [0.15, 0.2) is 6.61 Å². The van der Waals surface area contributed by atoms with Crippen molar-refractivity contribution >= 4 is 5.91 Å². The third-order valence-electron chi connectivity index (χ3n) is 3.93. The molecule has 0 unspecified atom stereocenters. The van der Waals surface area contributed by atoms with Crippen LogP contribution in [0.3, 0.4) is 0 Å². The number of nitrogens with one attached hydrogen (secondary N) is 2. The highest BCUT2D eigenvalue weighted by atomic mass is 16.5. The normalized spacial score (nSPS) is 17.5. The van der Waals surface area contributed by atoms with Crippen LogP contribution in [0.4, 0.5) is 0 Å². The minimum Gasteiger partial charge on any atom is -0.485 e. The van der Waals surface area contributed by atoms with Gasteiger partial charge in [0.05, 0.1) is 0 Å². The standard InChI is InChI=1S/C17H22N4O3/c1-2-16-20-15(21-24-16)11-23-14-7-5-12(6-8-14)17(22)19-13-4-3-9-18-10-13/h5-8,13,18H,2-4,9-11H2,1H3,(H,19,22)/t13-/m0/s1. The molecule has 0 radical (unpaired) electrons. The summed E-state index contributed by atoms with van der Waals surface area (Å²) in [6, 6.07) is 7.26. The molecule has 1 aromatic carbocycles. The third-order valence-corrected chi connectivity index (χ3v) is 3.93. The molecule has 0 bridgehead atoms. The molecule has 2 aromatic rings. The summed E-state index contributed by atoms with van der Waals surface area (Å²) in [4.78, 5) is 16.4. The minimum atomic E-state index is -0.0546. The summed E-state index contributed by atoms with van der Waals surface area (Å²) < 4.78 is 10.6. The van der Waals surface area contributed by atoms with Gasteiger partial charge in [-0.2, -0.15) is 4.98 Å². The van der Waals surface area contributed by atoms with Gasteiger partial charge < -0.3 is 19.9 Å². The Balaban J connectivity index is 1.51. The van der Waals surface area contributed by atoms with E-state index in [2.05, 4.69) is 20.8 Å². The van der Waals surface area contributed by atoms with Crippen molar-refractivity contribution in [1.29, 1.82) is 0 Å². The van der Waals surface area contributed by atoms with Gasteiger partial charge in [0.25, 0.3) is 5.91 Å². The van der Waals surface area contributed by atoms with Gasteiger partial charge in [0.2, 0.25) is 11.7 Å². The largest absolute Gasteiger partial charge is 0.485 e. The molecule has 24 heavy (non-hydrogen) atoms. The van der Waals surface area contributed by atoms with Gasteiger partial charge in [-0.3, -0.25) is 4.79 Å². The summed E-state index contributed by atoms with van der Waals surface area (Å²) in [5, 5.41) is 10.2. The van der Waals surface area contributed by atoms with E-state index in [0.717, 1.165) is 25.9 Å². The van der Waals surface area contributed by atoms with Crippen LogP contribution in [0, 0.1) is 0 Å². The summed E-state index contributed by atoms with van der Waals surface area (Å²) in [6.07, 6.45) is 2.81. The van der Waals surface area contributed by atoms with Crippen LogP contribution in [0.25, 0.3) is 0 Å². The Labute approximate surface area is 140 Å². The number of ether oxygens (including phenoxy) is 1. The van der Waals surface area contributed by atoms with E-state index in [1.165, 1.54) is 0 Å². The lowest BCUT2D eigenvalue weighted by Crippen LogP contribution is -2.45. The number of carbonyl (C=O) groups is 1. The van der Waals surface area contributed by atoms with Crippen molar-refractivity contribution in [3.8, 4) is 5.75 Å². The molecule has 1 aromatic heterocycles. The summed E-state index contributed by atoms with van der Waals surface area (Å²) in [5.41, 5.74) is 0.626. The second-order valence-corrected chi connectivity index (χ2v) is 5.79. The van der Waals surface area contributed by atoms with Gasteiger partial charge in [-0.15, -0.1) is 0 Å². The van der Waals surface area contributed by atoms with E-state index >= 15 is 0 Å². The topological polar surface area (TPSA) is 89.3 Å². The zero-order valence-corrected chi connectivity index (χ0v) is 13.7. The molecule has 2 heterocycles. The number of aromatic nitrogens is 2. The molecule has 1 atom stereocenters. The number of hydrogen-bond acceptors (Lipinski definition) is 6. The molecule has 1 saturated heterocycles. The highest BCUT2D eigenvalue weighted by Gasteiger charge is 2.16. The van der Waals surface area contributed by atoms with Crippen molar-refractivity contribution in [3.63, 3.8) is 0 Å². The van der Waals surface area contributed by atoms with Crippen molar-refractivity contribution in [2.24, 2.45) is 0 Å². The molecule has 2 N–H and O–H groups in total. The first-order chi connectivity index (χ1) is 11.7. The zero-order chi connectivity index (χ0) is 16.8. The fourth-order valence-corrected chi connectivity index (χ4v) is 2.59.